The molecule has 102 valence electrons. The predicted octanol–water partition coefficient (Wildman–Crippen LogP) is 3.03. The maximum absolute atomic E-state index is 12.9. The molecule has 0 radical (unpaired) electrons. The zero-order valence-corrected chi connectivity index (χ0v) is 10.6. The van der Waals surface area contributed by atoms with E-state index in [0.29, 0.717) is 0 Å². The lowest BCUT2D eigenvalue weighted by Crippen LogP contribution is -2.14. The van der Waals surface area contributed by atoms with E-state index in [9.17, 15) is 19.3 Å². The summed E-state index contributed by atoms with van der Waals surface area (Å²) in [7, 11) is 0. The fourth-order valence-electron chi connectivity index (χ4n) is 1.44. The molecule has 0 fully saturated rings. The first kappa shape index (κ1) is 13.9. The van der Waals surface area contributed by atoms with E-state index in [1.165, 1.54) is 24.3 Å². The molecule has 0 aliphatic rings. The van der Waals surface area contributed by atoms with Crippen LogP contribution in [-0.4, -0.2) is 15.8 Å². The van der Waals surface area contributed by atoms with Gasteiger partial charge in [0, 0.05) is 17.8 Å². The van der Waals surface area contributed by atoms with Crippen molar-refractivity contribution in [2.75, 3.05) is 5.32 Å². The molecule has 6 nitrogen and oxygen atoms in total. The number of hydrogen-bond acceptors (Lipinski definition) is 4. The first-order valence-corrected chi connectivity index (χ1v) is 5.73. The highest BCUT2D eigenvalue weighted by atomic mass is 35.5. The van der Waals surface area contributed by atoms with Crippen LogP contribution in [0.1, 0.15) is 10.5 Å². The van der Waals surface area contributed by atoms with E-state index in [-0.39, 0.29) is 17.1 Å². The van der Waals surface area contributed by atoms with Crippen molar-refractivity contribution in [3.63, 3.8) is 0 Å². The Bertz CT molecular complexity index is 693. The Morgan fingerprint density at radius 1 is 1.35 bits per heavy atom. The number of nitrogens with one attached hydrogen (secondary N) is 1. The van der Waals surface area contributed by atoms with Crippen LogP contribution in [0.4, 0.5) is 15.8 Å². The summed E-state index contributed by atoms with van der Waals surface area (Å²) in [5, 5.41) is 12.6. The van der Waals surface area contributed by atoms with E-state index in [2.05, 4.69) is 10.3 Å². The van der Waals surface area contributed by atoms with Crippen molar-refractivity contribution in [1.29, 1.82) is 0 Å². The molecule has 0 bridgehead atoms. The summed E-state index contributed by atoms with van der Waals surface area (Å²) < 4.78 is 12.9. The summed E-state index contributed by atoms with van der Waals surface area (Å²) in [5.74, 6) is -1.38. The highest BCUT2D eigenvalue weighted by molar-refractivity contribution is 6.29. The van der Waals surface area contributed by atoms with Crippen LogP contribution >= 0.6 is 11.6 Å². The number of nitro benzene ring substituents is 1. The van der Waals surface area contributed by atoms with E-state index in [1.807, 2.05) is 0 Å². The van der Waals surface area contributed by atoms with Crippen molar-refractivity contribution in [2.24, 2.45) is 0 Å². The van der Waals surface area contributed by atoms with Gasteiger partial charge in [-0.1, -0.05) is 17.7 Å². The largest absolute Gasteiger partial charge is 0.320 e. The number of carbonyl (C=O) groups is 1. The number of non-ortho nitro benzene ring substituents is 1. The Kier molecular flexibility index (Phi) is 3.90. The summed E-state index contributed by atoms with van der Waals surface area (Å²) >= 11 is 5.47. The van der Waals surface area contributed by atoms with Crippen LogP contribution < -0.4 is 5.32 Å². The lowest BCUT2D eigenvalue weighted by Gasteiger charge is -2.05. The van der Waals surface area contributed by atoms with Crippen molar-refractivity contribution >= 4 is 28.9 Å². The summed E-state index contributed by atoms with van der Waals surface area (Å²) in [6.45, 7) is 0. The van der Waals surface area contributed by atoms with Crippen molar-refractivity contribution in [3.8, 4) is 0 Å². The van der Waals surface area contributed by atoms with Crippen LogP contribution in [0, 0.1) is 15.9 Å². The van der Waals surface area contributed by atoms with Crippen molar-refractivity contribution in [2.45, 2.75) is 0 Å². The first-order chi connectivity index (χ1) is 9.47. The molecule has 0 unspecified atom stereocenters. The lowest BCUT2D eigenvalue weighted by atomic mass is 10.2. The highest BCUT2D eigenvalue weighted by Gasteiger charge is 2.12. The molecule has 1 N–H and O–H groups in total. The molecule has 20 heavy (non-hydrogen) atoms. The van der Waals surface area contributed by atoms with Crippen LogP contribution in [0.15, 0.2) is 36.4 Å². The minimum atomic E-state index is -0.737. The molecule has 1 aromatic heterocycles. The molecule has 0 aliphatic carbocycles. The van der Waals surface area contributed by atoms with Crippen LogP contribution in [0.5, 0.6) is 0 Å². The summed E-state index contributed by atoms with van der Waals surface area (Å²) in [4.78, 5) is 25.4. The quantitative estimate of drug-likeness (QED) is 0.536. The molecular formula is C12H7ClFN3O3. The number of rotatable bonds is 3. The topological polar surface area (TPSA) is 85.1 Å². The fourth-order valence-corrected chi connectivity index (χ4v) is 1.59. The maximum atomic E-state index is 12.9. The van der Waals surface area contributed by atoms with Gasteiger partial charge in [-0.15, -0.1) is 0 Å². The number of carbonyl (C=O) groups excluding carboxylic acids is 1. The Hall–Kier alpha value is -2.54. The normalized spacial score (nSPS) is 10.1. The predicted molar refractivity (Wildman–Crippen MR) is 70.3 cm³/mol. The number of anilines is 1. The molecule has 8 heteroatoms. The third-order valence-electron chi connectivity index (χ3n) is 2.35. The van der Waals surface area contributed by atoms with E-state index in [1.54, 1.807) is 0 Å². The molecule has 1 amide bonds. The SMILES string of the molecule is O=C(Nc1cccc([N+](=O)[O-])c1)c1ccc(F)c(Cl)n1. The van der Waals surface area contributed by atoms with Crippen LogP contribution in [0.2, 0.25) is 5.15 Å². The molecule has 0 atom stereocenters. The number of nitrogens with zero attached hydrogens (tertiary/aromatic N) is 2. The third-order valence-corrected chi connectivity index (χ3v) is 2.62. The second kappa shape index (κ2) is 5.62. The molecule has 0 spiro atoms. The lowest BCUT2D eigenvalue weighted by molar-refractivity contribution is -0.384. The van der Waals surface area contributed by atoms with E-state index in [0.717, 1.165) is 12.1 Å². The second-order valence-corrected chi connectivity index (χ2v) is 4.09. The smallest absolute Gasteiger partial charge is 0.274 e. The van der Waals surface area contributed by atoms with E-state index < -0.39 is 21.8 Å². The second-order valence-electron chi connectivity index (χ2n) is 3.73. The minimum Gasteiger partial charge on any atom is -0.320 e. The van der Waals surface area contributed by atoms with Crippen molar-refractivity contribution < 1.29 is 14.1 Å². The van der Waals surface area contributed by atoms with Gasteiger partial charge in [-0.3, -0.25) is 14.9 Å². The Labute approximate surface area is 117 Å². The molecule has 1 heterocycles. The zero-order valence-electron chi connectivity index (χ0n) is 9.84. The monoisotopic (exact) mass is 295 g/mol. The van der Waals surface area contributed by atoms with Crippen molar-refractivity contribution in [3.05, 3.63) is 63.2 Å². The Morgan fingerprint density at radius 2 is 2.10 bits per heavy atom. The number of amides is 1. The van der Waals surface area contributed by atoms with Gasteiger partial charge in [0.15, 0.2) is 11.0 Å². The Morgan fingerprint density at radius 3 is 2.75 bits per heavy atom. The van der Waals surface area contributed by atoms with Gasteiger partial charge in [0.25, 0.3) is 11.6 Å². The highest BCUT2D eigenvalue weighted by Crippen LogP contribution is 2.18. The molecular weight excluding hydrogens is 289 g/mol. The number of aromatic nitrogens is 1. The van der Waals surface area contributed by atoms with Gasteiger partial charge in [-0.05, 0) is 18.2 Å². The van der Waals surface area contributed by atoms with E-state index in [4.69, 9.17) is 11.6 Å². The molecule has 0 aliphatic heterocycles. The molecule has 2 rings (SSSR count). The standard InChI is InChI=1S/C12H7ClFN3O3/c13-11-9(14)4-5-10(16-11)12(18)15-7-2-1-3-8(6-7)17(19)20/h1-6H,(H,15,18). The first-order valence-electron chi connectivity index (χ1n) is 5.35. The molecule has 2 aromatic rings. The van der Waals surface area contributed by atoms with Crippen LogP contribution in [-0.2, 0) is 0 Å². The third kappa shape index (κ3) is 3.07. The van der Waals surface area contributed by atoms with Gasteiger partial charge in [-0.25, -0.2) is 9.37 Å². The van der Waals surface area contributed by atoms with Gasteiger partial charge >= 0.3 is 0 Å². The number of pyridine rings is 1. The maximum Gasteiger partial charge on any atom is 0.274 e. The van der Waals surface area contributed by atoms with Crippen LogP contribution in [0.25, 0.3) is 0 Å². The fraction of sp³-hybridized carbons (Fsp3) is 0. The van der Waals surface area contributed by atoms with Gasteiger partial charge in [0.2, 0.25) is 0 Å². The van der Waals surface area contributed by atoms with Gasteiger partial charge < -0.3 is 5.32 Å². The number of benzene rings is 1. The number of hydrogen-bond donors (Lipinski definition) is 1. The number of nitro groups is 1. The van der Waals surface area contributed by atoms with Crippen LogP contribution in [0.3, 0.4) is 0 Å². The Balaban J connectivity index is 2.21. The summed E-state index contributed by atoms with van der Waals surface area (Å²) in [5.41, 5.74) is -0.0257. The average Bonchev–Trinajstić information content (AvgIpc) is 2.42. The van der Waals surface area contributed by atoms with Crippen molar-refractivity contribution in [1.82, 2.24) is 4.98 Å². The molecule has 0 saturated heterocycles. The molecule has 0 saturated carbocycles. The average molecular weight is 296 g/mol. The number of halogens is 2. The summed E-state index contributed by atoms with van der Waals surface area (Å²) in [6.07, 6.45) is 0. The van der Waals surface area contributed by atoms with Gasteiger partial charge in [0.1, 0.15) is 5.69 Å². The van der Waals surface area contributed by atoms with E-state index >= 15 is 0 Å². The van der Waals surface area contributed by atoms with Gasteiger partial charge in [-0.2, -0.15) is 0 Å². The zero-order chi connectivity index (χ0) is 14.7. The molecule has 1 aromatic carbocycles. The summed E-state index contributed by atoms with van der Waals surface area (Å²) in [6, 6.07) is 7.58. The minimum absolute atomic E-state index is 0.0945. The van der Waals surface area contributed by atoms with Gasteiger partial charge in [0.05, 0.1) is 4.92 Å².